The van der Waals surface area contributed by atoms with Crippen molar-refractivity contribution in [3.63, 3.8) is 0 Å². The molecule has 0 fully saturated rings. The van der Waals surface area contributed by atoms with Gasteiger partial charge in [0, 0.05) is 32.5 Å². The molecule has 2 N–H and O–H groups in total. The molecule has 0 aliphatic rings. The zero-order valence-corrected chi connectivity index (χ0v) is 13.8. The lowest BCUT2D eigenvalue weighted by Gasteiger charge is -2.09. The molecular weight excluding hydrogens is 328 g/mol. The molecule has 0 amide bonds. The normalized spacial score (nSPS) is 10.5. The lowest BCUT2D eigenvalue weighted by atomic mass is 10.4. The summed E-state index contributed by atoms with van der Waals surface area (Å²) >= 11 is 8.68. The number of aryl methyl sites for hydroxylation is 1. The second kappa shape index (κ2) is 9.28. The third-order valence-corrected chi connectivity index (χ3v) is 3.43. The number of rotatable bonds is 8. The Hall–Kier alpha value is -0.660. The Morgan fingerprint density at radius 1 is 1.47 bits per heavy atom. The highest BCUT2D eigenvalue weighted by atomic mass is 79.9. The van der Waals surface area contributed by atoms with Crippen molar-refractivity contribution in [1.82, 2.24) is 20.4 Å². The molecule has 0 radical (unpaired) electrons. The highest BCUT2D eigenvalue weighted by Gasteiger charge is 2.05. The number of hydrogen-bond acceptors (Lipinski definition) is 3. The molecule has 0 unspecified atom stereocenters. The molecular formula is C12H21BrN4OS. The van der Waals surface area contributed by atoms with Crippen LogP contribution in [0.15, 0.2) is 10.7 Å². The van der Waals surface area contributed by atoms with Gasteiger partial charge in [-0.2, -0.15) is 5.10 Å². The molecule has 0 atom stereocenters. The van der Waals surface area contributed by atoms with E-state index in [4.69, 9.17) is 17.0 Å². The summed E-state index contributed by atoms with van der Waals surface area (Å²) in [4.78, 5) is 0. The van der Waals surface area contributed by atoms with Crippen LogP contribution in [0.4, 0.5) is 0 Å². The molecule has 0 aliphatic heterocycles. The van der Waals surface area contributed by atoms with Gasteiger partial charge in [-0.05, 0) is 48.4 Å². The second-order valence-electron chi connectivity index (χ2n) is 3.94. The fourth-order valence-corrected chi connectivity index (χ4v) is 2.10. The van der Waals surface area contributed by atoms with E-state index in [0.717, 1.165) is 42.9 Å². The Bertz CT molecular complexity index is 397. The van der Waals surface area contributed by atoms with E-state index in [0.29, 0.717) is 11.7 Å². The van der Waals surface area contributed by atoms with Crippen LogP contribution in [0.1, 0.15) is 26.0 Å². The van der Waals surface area contributed by atoms with Crippen LogP contribution in [-0.4, -0.2) is 34.7 Å². The number of aromatic nitrogens is 2. The van der Waals surface area contributed by atoms with Gasteiger partial charge in [-0.25, -0.2) is 0 Å². The number of halogens is 1. The summed E-state index contributed by atoms with van der Waals surface area (Å²) in [6.45, 7) is 7.86. The Morgan fingerprint density at radius 3 is 2.89 bits per heavy atom. The maximum absolute atomic E-state index is 5.25. The highest BCUT2D eigenvalue weighted by molar-refractivity contribution is 9.10. The van der Waals surface area contributed by atoms with Crippen LogP contribution < -0.4 is 10.6 Å². The van der Waals surface area contributed by atoms with Gasteiger partial charge in [0.15, 0.2) is 5.11 Å². The van der Waals surface area contributed by atoms with E-state index in [1.807, 2.05) is 17.8 Å². The molecule has 1 heterocycles. The number of nitrogens with one attached hydrogen (secondary N) is 2. The van der Waals surface area contributed by atoms with E-state index in [9.17, 15) is 0 Å². The second-order valence-corrected chi connectivity index (χ2v) is 5.20. The average Bonchev–Trinajstić information content (AvgIpc) is 2.77. The van der Waals surface area contributed by atoms with Crippen LogP contribution in [-0.2, 0) is 17.8 Å². The zero-order chi connectivity index (χ0) is 14.1. The van der Waals surface area contributed by atoms with Crippen molar-refractivity contribution in [3.05, 3.63) is 16.4 Å². The Morgan fingerprint density at radius 2 is 2.26 bits per heavy atom. The molecule has 5 nitrogen and oxygen atoms in total. The molecule has 7 heteroatoms. The number of thiocarbonyl (C=S) groups is 1. The SMILES string of the molecule is CCOCCCNC(=S)NCc1nn(CC)cc1Br. The van der Waals surface area contributed by atoms with Crippen molar-refractivity contribution in [2.45, 2.75) is 33.4 Å². The Kier molecular flexibility index (Phi) is 8.00. The van der Waals surface area contributed by atoms with Crippen molar-refractivity contribution in [2.24, 2.45) is 0 Å². The molecule has 0 aliphatic carbocycles. The first-order chi connectivity index (χ1) is 9.17. The fraction of sp³-hybridized carbons (Fsp3) is 0.667. The molecule has 0 spiro atoms. The van der Waals surface area contributed by atoms with Gasteiger partial charge in [0.2, 0.25) is 0 Å². The molecule has 1 rings (SSSR count). The third-order valence-electron chi connectivity index (χ3n) is 2.48. The Labute approximate surface area is 128 Å². The molecule has 0 saturated heterocycles. The molecule has 0 aromatic carbocycles. The van der Waals surface area contributed by atoms with Crippen molar-refractivity contribution in [2.75, 3.05) is 19.8 Å². The van der Waals surface area contributed by atoms with E-state index in [-0.39, 0.29) is 0 Å². The molecule has 0 saturated carbocycles. The quantitative estimate of drug-likeness (QED) is 0.556. The predicted molar refractivity (Wildman–Crippen MR) is 84.2 cm³/mol. The maximum Gasteiger partial charge on any atom is 0.166 e. The minimum absolute atomic E-state index is 0.616. The van der Waals surface area contributed by atoms with Crippen molar-refractivity contribution in [3.8, 4) is 0 Å². The molecule has 1 aromatic heterocycles. The van der Waals surface area contributed by atoms with E-state index in [2.05, 4.69) is 38.6 Å². The van der Waals surface area contributed by atoms with Crippen molar-refractivity contribution < 1.29 is 4.74 Å². The number of nitrogens with zero attached hydrogens (tertiary/aromatic N) is 2. The van der Waals surface area contributed by atoms with Crippen LogP contribution in [0.25, 0.3) is 0 Å². The molecule has 1 aromatic rings. The van der Waals surface area contributed by atoms with Crippen LogP contribution in [0, 0.1) is 0 Å². The van der Waals surface area contributed by atoms with Gasteiger partial charge in [-0.15, -0.1) is 0 Å². The van der Waals surface area contributed by atoms with Crippen LogP contribution in [0.2, 0.25) is 0 Å². The van der Waals surface area contributed by atoms with Crippen molar-refractivity contribution >= 4 is 33.3 Å². The van der Waals surface area contributed by atoms with Gasteiger partial charge < -0.3 is 15.4 Å². The van der Waals surface area contributed by atoms with Gasteiger partial charge in [-0.1, -0.05) is 0 Å². The smallest absolute Gasteiger partial charge is 0.166 e. The minimum atomic E-state index is 0.616. The fourth-order valence-electron chi connectivity index (χ4n) is 1.47. The molecule has 0 bridgehead atoms. The van der Waals surface area contributed by atoms with E-state index in [1.54, 1.807) is 0 Å². The first-order valence-corrected chi connectivity index (χ1v) is 7.68. The van der Waals surface area contributed by atoms with Crippen LogP contribution in [0.3, 0.4) is 0 Å². The van der Waals surface area contributed by atoms with Gasteiger partial charge in [0.25, 0.3) is 0 Å². The first-order valence-electron chi connectivity index (χ1n) is 6.48. The summed E-state index contributed by atoms with van der Waals surface area (Å²) in [6, 6.07) is 0. The standard InChI is InChI=1S/C12H21BrN4OS/c1-3-17-9-10(13)11(16-17)8-15-12(19)14-6-5-7-18-4-2/h9H,3-8H2,1-2H3,(H2,14,15,19). The highest BCUT2D eigenvalue weighted by Crippen LogP contribution is 2.14. The van der Waals surface area contributed by atoms with Crippen molar-refractivity contribution in [1.29, 1.82) is 0 Å². The summed E-state index contributed by atoms with van der Waals surface area (Å²) in [5.41, 5.74) is 0.959. The molecule has 108 valence electrons. The first kappa shape index (κ1) is 16.4. The maximum atomic E-state index is 5.25. The number of ether oxygens (including phenoxy) is 1. The lowest BCUT2D eigenvalue weighted by Crippen LogP contribution is -2.35. The molecule has 19 heavy (non-hydrogen) atoms. The Balaban J connectivity index is 2.20. The van der Waals surface area contributed by atoms with E-state index >= 15 is 0 Å². The van der Waals surface area contributed by atoms with Gasteiger partial charge in [-0.3, -0.25) is 4.68 Å². The average molecular weight is 349 g/mol. The topological polar surface area (TPSA) is 51.1 Å². The zero-order valence-electron chi connectivity index (χ0n) is 11.4. The van der Waals surface area contributed by atoms with E-state index < -0.39 is 0 Å². The van der Waals surface area contributed by atoms with E-state index in [1.165, 1.54) is 0 Å². The minimum Gasteiger partial charge on any atom is -0.382 e. The lowest BCUT2D eigenvalue weighted by molar-refractivity contribution is 0.145. The summed E-state index contributed by atoms with van der Waals surface area (Å²) in [5.74, 6) is 0. The monoisotopic (exact) mass is 348 g/mol. The predicted octanol–water partition coefficient (Wildman–Crippen LogP) is 2.06. The van der Waals surface area contributed by atoms with Gasteiger partial charge in [0.05, 0.1) is 16.7 Å². The largest absolute Gasteiger partial charge is 0.382 e. The third kappa shape index (κ3) is 6.35. The summed E-state index contributed by atoms with van der Waals surface area (Å²) in [7, 11) is 0. The van der Waals surface area contributed by atoms with Gasteiger partial charge >= 0.3 is 0 Å². The van der Waals surface area contributed by atoms with Gasteiger partial charge in [0.1, 0.15) is 0 Å². The van der Waals surface area contributed by atoms with Crippen LogP contribution in [0.5, 0.6) is 0 Å². The summed E-state index contributed by atoms with van der Waals surface area (Å²) < 4.78 is 8.14. The summed E-state index contributed by atoms with van der Waals surface area (Å²) in [5, 5.41) is 11.4. The number of hydrogen-bond donors (Lipinski definition) is 2. The van der Waals surface area contributed by atoms with Crippen LogP contribution >= 0.6 is 28.1 Å². The summed E-state index contributed by atoms with van der Waals surface area (Å²) in [6.07, 6.45) is 2.92.